The number of rotatable bonds is 8. The van der Waals surface area contributed by atoms with Gasteiger partial charge in [0.2, 0.25) is 16.0 Å². The van der Waals surface area contributed by atoms with Crippen molar-refractivity contribution in [3.63, 3.8) is 0 Å². The fourth-order valence-corrected chi connectivity index (χ4v) is 6.14. The van der Waals surface area contributed by atoms with Gasteiger partial charge in [-0.2, -0.15) is 4.98 Å². The number of sulfonamides is 1. The predicted molar refractivity (Wildman–Crippen MR) is 139 cm³/mol. The minimum absolute atomic E-state index is 0.0434. The lowest BCUT2D eigenvalue weighted by Crippen LogP contribution is -2.34. The highest BCUT2D eigenvalue weighted by Crippen LogP contribution is 2.33. The van der Waals surface area contributed by atoms with Gasteiger partial charge in [-0.1, -0.05) is 28.1 Å². The van der Waals surface area contributed by atoms with Gasteiger partial charge in [0.05, 0.1) is 5.52 Å². The lowest BCUT2D eigenvalue weighted by Gasteiger charge is -2.29. The Morgan fingerprint density at radius 3 is 2.46 bits per heavy atom. The third kappa shape index (κ3) is 7.02. The molecule has 2 N–H and O–H groups in total. The van der Waals surface area contributed by atoms with Crippen molar-refractivity contribution >= 4 is 48.6 Å². The molecule has 1 fully saturated rings. The van der Waals surface area contributed by atoms with Crippen LogP contribution in [0.5, 0.6) is 5.75 Å². The normalized spacial score (nSPS) is 18.5. The second kappa shape index (κ2) is 11.0. The zero-order valence-corrected chi connectivity index (χ0v) is 22.6. The van der Waals surface area contributed by atoms with Crippen LogP contribution in [0.3, 0.4) is 0 Å². The van der Waals surface area contributed by atoms with Crippen molar-refractivity contribution < 1.29 is 26.3 Å². The molecule has 0 saturated heterocycles. The van der Waals surface area contributed by atoms with Crippen molar-refractivity contribution in [2.24, 2.45) is 5.92 Å². The second-order valence-electron chi connectivity index (χ2n) is 9.14. The van der Waals surface area contributed by atoms with Crippen LogP contribution in [0, 0.1) is 5.92 Å². The predicted octanol–water partition coefficient (Wildman–Crippen LogP) is 5.31. The van der Waals surface area contributed by atoms with Crippen molar-refractivity contribution in [2.45, 2.75) is 43.0 Å². The van der Waals surface area contributed by atoms with E-state index in [1.807, 2.05) is 43.3 Å². The summed E-state index contributed by atoms with van der Waals surface area (Å²) in [4.78, 5) is 10.7. The Kier molecular flexibility index (Phi) is 8.14. The molecule has 1 aliphatic rings. The minimum Gasteiger partial charge on any atom is -0.404 e. The third-order valence-corrected chi connectivity index (χ3v) is 8.11. The number of fused-ring (bicyclic) bond motifs is 1. The number of nitrogens with zero attached hydrogens (tertiary/aromatic N) is 3. The summed E-state index contributed by atoms with van der Waals surface area (Å²) < 4.78 is 70.6. The molecule has 0 aliphatic heterocycles. The van der Waals surface area contributed by atoms with Gasteiger partial charge in [0.25, 0.3) is 0 Å². The Morgan fingerprint density at radius 2 is 1.78 bits per heavy atom. The van der Waals surface area contributed by atoms with Crippen LogP contribution in [-0.4, -0.2) is 51.4 Å². The summed E-state index contributed by atoms with van der Waals surface area (Å²) in [6.07, 6.45) is -1.98. The molecule has 0 atom stereocenters. The molecule has 0 unspecified atom stereocenters. The van der Waals surface area contributed by atoms with Crippen molar-refractivity contribution in [2.75, 3.05) is 30.9 Å². The van der Waals surface area contributed by atoms with Gasteiger partial charge in [-0.3, -0.25) is 0 Å². The van der Waals surface area contributed by atoms with E-state index in [-0.39, 0.29) is 18.5 Å². The molecule has 1 aliphatic carbocycles. The molecular formula is C24H27BrF3N5O3S. The molecule has 200 valence electrons. The molecule has 2 aromatic carbocycles. The highest BCUT2D eigenvalue weighted by Gasteiger charge is 2.34. The van der Waals surface area contributed by atoms with Crippen molar-refractivity contribution in [1.29, 1.82) is 0 Å². The number of anilines is 2. The molecule has 1 heterocycles. The lowest BCUT2D eigenvalue weighted by molar-refractivity contribution is -0.275. The number of hydrogen-bond donors (Lipinski definition) is 2. The molecule has 0 bridgehead atoms. The van der Waals surface area contributed by atoms with Gasteiger partial charge in [-0.25, -0.2) is 18.1 Å². The minimum atomic E-state index is -5.01. The summed E-state index contributed by atoms with van der Waals surface area (Å²) in [5.74, 6) is 0.626. The number of hydrogen-bond acceptors (Lipinski definition) is 7. The molecular weight excluding hydrogens is 575 g/mol. The standard InChI is InChI=1S/C24H27BrF3N5O3S/c1-33(2)22-18-5-3-4-6-19(18)31-23(32-22)30-17-10-7-15(8-11-17)14-29-37(34,35)21-13-16(25)9-12-20(21)36-24(26,27)28/h3-6,9,12-13,15,17,29H,7-8,10-11,14H2,1-2H3,(H,30,31,32). The number of nitrogens with one attached hydrogen (secondary N) is 2. The highest BCUT2D eigenvalue weighted by molar-refractivity contribution is 9.10. The first-order chi connectivity index (χ1) is 17.4. The van der Waals surface area contributed by atoms with E-state index in [2.05, 4.69) is 40.7 Å². The topological polar surface area (TPSA) is 96.5 Å². The summed E-state index contributed by atoms with van der Waals surface area (Å²) in [6.45, 7) is 0.115. The number of alkyl halides is 3. The summed E-state index contributed by atoms with van der Waals surface area (Å²) >= 11 is 3.11. The van der Waals surface area contributed by atoms with Gasteiger partial charge in [0.15, 0.2) is 0 Å². The maximum absolute atomic E-state index is 12.8. The Morgan fingerprint density at radius 1 is 1.08 bits per heavy atom. The van der Waals surface area contributed by atoms with E-state index in [4.69, 9.17) is 0 Å². The largest absolute Gasteiger partial charge is 0.573 e. The smallest absolute Gasteiger partial charge is 0.404 e. The maximum Gasteiger partial charge on any atom is 0.573 e. The van der Waals surface area contributed by atoms with E-state index in [9.17, 15) is 21.6 Å². The number of aromatic nitrogens is 2. The van der Waals surface area contributed by atoms with Crippen LogP contribution in [0.15, 0.2) is 51.8 Å². The first kappa shape index (κ1) is 27.4. The van der Waals surface area contributed by atoms with Crippen molar-refractivity contribution in [3.05, 3.63) is 46.9 Å². The number of ether oxygens (including phenoxy) is 1. The van der Waals surface area contributed by atoms with Gasteiger partial charge in [-0.05, 0) is 61.9 Å². The summed E-state index contributed by atoms with van der Waals surface area (Å²) in [6, 6.07) is 11.3. The van der Waals surface area contributed by atoms with Gasteiger partial charge in [-0.15, -0.1) is 13.2 Å². The first-order valence-electron chi connectivity index (χ1n) is 11.7. The van der Waals surface area contributed by atoms with Crippen molar-refractivity contribution in [1.82, 2.24) is 14.7 Å². The molecule has 1 aromatic heterocycles. The number of para-hydroxylation sites is 1. The van der Waals surface area contributed by atoms with Crippen LogP contribution in [0.25, 0.3) is 10.9 Å². The summed E-state index contributed by atoms with van der Waals surface area (Å²) in [5.41, 5.74) is 0.841. The average Bonchev–Trinajstić information content (AvgIpc) is 2.83. The number of halogens is 4. The molecule has 37 heavy (non-hydrogen) atoms. The Balaban J connectivity index is 1.37. The second-order valence-corrected chi connectivity index (χ2v) is 11.8. The molecule has 8 nitrogen and oxygen atoms in total. The van der Waals surface area contributed by atoms with Crippen molar-refractivity contribution in [3.8, 4) is 5.75 Å². The molecule has 0 radical (unpaired) electrons. The molecule has 4 rings (SSSR count). The maximum atomic E-state index is 12.8. The Labute approximate surface area is 221 Å². The third-order valence-electron chi connectivity index (χ3n) is 6.17. The molecule has 13 heteroatoms. The number of benzene rings is 2. The Hall–Kier alpha value is -2.64. The zero-order chi connectivity index (χ0) is 26.8. The zero-order valence-electron chi connectivity index (χ0n) is 20.2. The van der Waals surface area contributed by atoms with Crippen LogP contribution in [0.4, 0.5) is 24.9 Å². The van der Waals surface area contributed by atoms with E-state index in [1.165, 1.54) is 6.07 Å². The Bertz CT molecular complexity index is 1360. The quantitative estimate of drug-likeness (QED) is 0.361. The van der Waals surface area contributed by atoms with Crippen LogP contribution in [0.2, 0.25) is 0 Å². The molecule has 0 spiro atoms. The molecule has 0 amide bonds. The van der Waals surface area contributed by atoms with E-state index in [0.717, 1.165) is 54.5 Å². The van der Waals surface area contributed by atoms with Gasteiger partial charge < -0.3 is 15.0 Å². The van der Waals surface area contributed by atoms with Crippen LogP contribution < -0.4 is 19.7 Å². The molecule has 3 aromatic rings. The summed E-state index contributed by atoms with van der Waals surface area (Å²) in [5, 5.41) is 4.37. The van der Waals surface area contributed by atoms with Crippen LogP contribution in [-0.2, 0) is 10.0 Å². The van der Waals surface area contributed by atoms with E-state index < -0.39 is 27.0 Å². The van der Waals surface area contributed by atoms with E-state index in [0.29, 0.717) is 10.4 Å². The monoisotopic (exact) mass is 601 g/mol. The lowest BCUT2D eigenvalue weighted by atomic mass is 9.86. The van der Waals surface area contributed by atoms with Crippen LogP contribution >= 0.6 is 15.9 Å². The van der Waals surface area contributed by atoms with Gasteiger partial charge >= 0.3 is 6.36 Å². The highest BCUT2D eigenvalue weighted by atomic mass is 79.9. The fourth-order valence-electron chi connectivity index (χ4n) is 4.37. The summed E-state index contributed by atoms with van der Waals surface area (Å²) in [7, 11) is -0.371. The van der Waals surface area contributed by atoms with Crippen LogP contribution in [0.1, 0.15) is 25.7 Å². The first-order valence-corrected chi connectivity index (χ1v) is 13.9. The van der Waals surface area contributed by atoms with Gasteiger partial charge in [0, 0.05) is 36.5 Å². The fraction of sp³-hybridized carbons (Fsp3) is 0.417. The molecule has 1 saturated carbocycles. The average molecular weight is 602 g/mol. The van der Waals surface area contributed by atoms with E-state index >= 15 is 0 Å². The van der Waals surface area contributed by atoms with E-state index in [1.54, 1.807) is 0 Å². The SMILES string of the molecule is CN(C)c1nc(NC2CCC(CNS(=O)(=O)c3cc(Br)ccc3OC(F)(F)F)CC2)nc2ccccc12. The van der Waals surface area contributed by atoms with Gasteiger partial charge in [0.1, 0.15) is 16.5 Å².